The third-order valence-electron chi connectivity index (χ3n) is 5.30. The molecular formula is C22H26FN3O2. The third-order valence-corrected chi connectivity index (χ3v) is 5.30. The minimum absolute atomic E-state index is 0.0441. The fraction of sp³-hybridized carbons (Fsp3) is 0.364. The van der Waals surface area contributed by atoms with E-state index in [0.29, 0.717) is 38.4 Å². The first-order valence-corrected chi connectivity index (χ1v) is 9.49. The second-order valence-electron chi connectivity index (χ2n) is 7.25. The van der Waals surface area contributed by atoms with Gasteiger partial charge in [-0.15, -0.1) is 0 Å². The number of aryl methyl sites for hydroxylation is 1. The molecule has 1 heterocycles. The van der Waals surface area contributed by atoms with Gasteiger partial charge in [-0.3, -0.25) is 14.5 Å². The van der Waals surface area contributed by atoms with Gasteiger partial charge < -0.3 is 10.2 Å². The molecule has 2 aromatic rings. The Morgan fingerprint density at radius 1 is 1.04 bits per heavy atom. The maximum atomic E-state index is 14.1. The molecule has 0 bridgehead atoms. The third kappa shape index (κ3) is 4.39. The molecule has 5 nitrogen and oxygen atoms in total. The van der Waals surface area contributed by atoms with Crippen LogP contribution in [0.1, 0.15) is 28.4 Å². The van der Waals surface area contributed by atoms with Gasteiger partial charge in [-0.1, -0.05) is 18.2 Å². The van der Waals surface area contributed by atoms with E-state index in [0.717, 1.165) is 16.8 Å². The number of benzene rings is 2. The van der Waals surface area contributed by atoms with Gasteiger partial charge in [0.05, 0.1) is 17.8 Å². The lowest BCUT2D eigenvalue weighted by atomic mass is 10.1. The van der Waals surface area contributed by atoms with E-state index in [1.54, 1.807) is 12.1 Å². The molecule has 0 spiro atoms. The highest BCUT2D eigenvalue weighted by atomic mass is 19.1. The van der Waals surface area contributed by atoms with Crippen LogP contribution in [0.3, 0.4) is 0 Å². The summed E-state index contributed by atoms with van der Waals surface area (Å²) in [6.07, 6.45) is 0. The Labute approximate surface area is 165 Å². The summed E-state index contributed by atoms with van der Waals surface area (Å²) in [7, 11) is 0. The molecule has 1 saturated heterocycles. The molecule has 148 valence electrons. The van der Waals surface area contributed by atoms with Crippen molar-refractivity contribution in [3.05, 3.63) is 58.9 Å². The first-order valence-electron chi connectivity index (χ1n) is 9.49. The zero-order valence-corrected chi connectivity index (χ0v) is 16.6. The van der Waals surface area contributed by atoms with E-state index < -0.39 is 5.82 Å². The van der Waals surface area contributed by atoms with Crippen molar-refractivity contribution in [3.8, 4) is 0 Å². The molecule has 0 unspecified atom stereocenters. The SMILES string of the molecule is CC(=O)c1c(F)cccc1N1CCN(CC(=O)Nc2cccc(C)c2C)CC1. The topological polar surface area (TPSA) is 52.7 Å². The van der Waals surface area contributed by atoms with E-state index in [-0.39, 0.29) is 17.3 Å². The van der Waals surface area contributed by atoms with Gasteiger partial charge in [0.25, 0.3) is 0 Å². The van der Waals surface area contributed by atoms with Crippen LogP contribution in [-0.4, -0.2) is 49.3 Å². The normalized spacial score (nSPS) is 14.8. The molecule has 1 aliphatic heterocycles. The van der Waals surface area contributed by atoms with Crippen LogP contribution in [0.25, 0.3) is 0 Å². The maximum Gasteiger partial charge on any atom is 0.238 e. The Kier molecular flexibility index (Phi) is 6.09. The number of anilines is 2. The summed E-state index contributed by atoms with van der Waals surface area (Å²) in [5.74, 6) is -0.805. The van der Waals surface area contributed by atoms with E-state index in [1.807, 2.05) is 36.9 Å². The summed E-state index contributed by atoms with van der Waals surface area (Å²) in [6, 6.07) is 10.6. The average molecular weight is 383 g/mol. The van der Waals surface area contributed by atoms with Crippen LogP contribution in [0, 0.1) is 19.7 Å². The smallest absolute Gasteiger partial charge is 0.238 e. The predicted octanol–water partition coefficient (Wildman–Crippen LogP) is 3.41. The summed E-state index contributed by atoms with van der Waals surface area (Å²) < 4.78 is 14.1. The van der Waals surface area contributed by atoms with E-state index in [4.69, 9.17) is 0 Å². The van der Waals surface area contributed by atoms with Gasteiger partial charge in [-0.2, -0.15) is 0 Å². The molecule has 0 atom stereocenters. The van der Waals surface area contributed by atoms with Gasteiger partial charge in [-0.25, -0.2) is 4.39 Å². The lowest BCUT2D eigenvalue weighted by Gasteiger charge is -2.36. The summed E-state index contributed by atoms with van der Waals surface area (Å²) in [6.45, 7) is 8.34. The first-order chi connectivity index (χ1) is 13.4. The second-order valence-corrected chi connectivity index (χ2v) is 7.25. The zero-order valence-electron chi connectivity index (χ0n) is 16.6. The van der Waals surface area contributed by atoms with Gasteiger partial charge in [0, 0.05) is 31.9 Å². The number of ketones is 1. The van der Waals surface area contributed by atoms with Crippen molar-refractivity contribution in [3.63, 3.8) is 0 Å². The van der Waals surface area contributed by atoms with Gasteiger partial charge >= 0.3 is 0 Å². The minimum atomic E-state index is -0.486. The molecule has 0 saturated carbocycles. The van der Waals surface area contributed by atoms with Crippen molar-refractivity contribution in [2.45, 2.75) is 20.8 Å². The summed E-state index contributed by atoms with van der Waals surface area (Å²) in [5, 5.41) is 2.98. The molecule has 1 aliphatic rings. The van der Waals surface area contributed by atoms with Gasteiger partial charge in [0.15, 0.2) is 5.78 Å². The van der Waals surface area contributed by atoms with E-state index in [9.17, 15) is 14.0 Å². The predicted molar refractivity (Wildman–Crippen MR) is 110 cm³/mol. The molecular weight excluding hydrogens is 357 g/mol. The number of nitrogens with zero attached hydrogens (tertiary/aromatic N) is 2. The Morgan fingerprint density at radius 3 is 2.39 bits per heavy atom. The summed E-state index contributed by atoms with van der Waals surface area (Å²) >= 11 is 0. The highest BCUT2D eigenvalue weighted by molar-refractivity contribution is 6.00. The Hall–Kier alpha value is -2.73. The van der Waals surface area contributed by atoms with E-state index >= 15 is 0 Å². The molecule has 1 amide bonds. The lowest BCUT2D eigenvalue weighted by molar-refractivity contribution is -0.117. The molecule has 1 N–H and O–H groups in total. The standard InChI is InChI=1S/C22H26FN3O2/c1-15-6-4-8-19(16(15)2)24-21(28)14-25-10-12-26(13-11-25)20-9-5-7-18(23)22(20)17(3)27/h4-9H,10-14H2,1-3H3,(H,24,28). The summed E-state index contributed by atoms with van der Waals surface area (Å²) in [5.41, 5.74) is 3.83. The fourth-order valence-corrected chi connectivity index (χ4v) is 3.55. The van der Waals surface area contributed by atoms with Crippen LogP contribution >= 0.6 is 0 Å². The number of hydrogen-bond donors (Lipinski definition) is 1. The van der Waals surface area contributed by atoms with E-state index in [1.165, 1.54) is 13.0 Å². The molecule has 0 aliphatic carbocycles. The highest BCUT2D eigenvalue weighted by Crippen LogP contribution is 2.25. The van der Waals surface area contributed by atoms with Crippen molar-refractivity contribution in [2.24, 2.45) is 0 Å². The van der Waals surface area contributed by atoms with Crippen LogP contribution in [-0.2, 0) is 4.79 Å². The quantitative estimate of drug-likeness (QED) is 0.804. The van der Waals surface area contributed by atoms with Crippen LogP contribution in [0.5, 0.6) is 0 Å². The zero-order chi connectivity index (χ0) is 20.3. The number of carbonyl (C=O) groups is 2. The maximum absolute atomic E-state index is 14.1. The van der Waals surface area contributed by atoms with Gasteiger partial charge in [0.2, 0.25) is 5.91 Å². The van der Waals surface area contributed by atoms with Crippen molar-refractivity contribution in [1.29, 1.82) is 0 Å². The Morgan fingerprint density at radius 2 is 1.71 bits per heavy atom. The lowest BCUT2D eigenvalue weighted by Crippen LogP contribution is -2.49. The number of piperazine rings is 1. The number of halogens is 1. The average Bonchev–Trinajstić information content (AvgIpc) is 2.65. The fourth-order valence-electron chi connectivity index (χ4n) is 3.55. The molecule has 2 aromatic carbocycles. The van der Waals surface area contributed by atoms with Crippen LogP contribution < -0.4 is 10.2 Å². The van der Waals surface area contributed by atoms with Crippen molar-refractivity contribution < 1.29 is 14.0 Å². The van der Waals surface area contributed by atoms with Crippen molar-refractivity contribution >= 4 is 23.1 Å². The number of rotatable bonds is 5. The van der Waals surface area contributed by atoms with Gasteiger partial charge in [-0.05, 0) is 50.1 Å². The monoisotopic (exact) mass is 383 g/mol. The Balaban J connectivity index is 1.59. The number of carbonyl (C=O) groups excluding carboxylic acids is 2. The van der Waals surface area contributed by atoms with Crippen LogP contribution in [0.4, 0.5) is 15.8 Å². The second kappa shape index (κ2) is 8.52. The Bertz CT molecular complexity index is 889. The van der Waals surface area contributed by atoms with Crippen molar-refractivity contribution in [2.75, 3.05) is 42.9 Å². The number of nitrogens with one attached hydrogen (secondary N) is 1. The molecule has 0 aromatic heterocycles. The number of hydrogen-bond acceptors (Lipinski definition) is 4. The molecule has 0 radical (unpaired) electrons. The number of amides is 1. The number of Topliss-reactive ketones (excluding diaryl/α,β-unsaturated/α-hetero) is 1. The molecule has 1 fully saturated rings. The molecule has 3 rings (SSSR count). The largest absolute Gasteiger partial charge is 0.368 e. The van der Waals surface area contributed by atoms with Crippen LogP contribution in [0.2, 0.25) is 0 Å². The van der Waals surface area contributed by atoms with Crippen molar-refractivity contribution in [1.82, 2.24) is 4.90 Å². The highest BCUT2D eigenvalue weighted by Gasteiger charge is 2.23. The minimum Gasteiger partial charge on any atom is -0.368 e. The van der Waals surface area contributed by atoms with Crippen LogP contribution in [0.15, 0.2) is 36.4 Å². The van der Waals surface area contributed by atoms with E-state index in [2.05, 4.69) is 10.2 Å². The summed E-state index contributed by atoms with van der Waals surface area (Å²) in [4.78, 5) is 28.3. The molecule has 6 heteroatoms. The first kappa shape index (κ1) is 20.0. The molecule has 28 heavy (non-hydrogen) atoms. The van der Waals surface area contributed by atoms with Gasteiger partial charge in [0.1, 0.15) is 5.82 Å².